The number of hydrogen-bond donors (Lipinski definition) is 1. The minimum absolute atomic E-state index is 0.00972. The second-order valence-corrected chi connectivity index (χ2v) is 8.26. The number of rotatable bonds is 5. The number of amides is 1. The summed E-state index contributed by atoms with van der Waals surface area (Å²) in [5.74, 6) is -0.857. The maximum atomic E-state index is 13.7. The van der Waals surface area contributed by atoms with Gasteiger partial charge in [0.1, 0.15) is 10.5 Å². The molecule has 5 nitrogen and oxygen atoms in total. The molecule has 146 valence electrons. The molecular formula is C21H16FN3O2S2. The Morgan fingerprint density at radius 2 is 1.90 bits per heavy atom. The molecule has 4 rings (SSSR count). The van der Waals surface area contributed by atoms with Crippen LogP contribution in [0.1, 0.15) is 0 Å². The maximum Gasteiger partial charge on any atom is 0.271 e. The maximum absolute atomic E-state index is 13.7. The first-order valence-electron chi connectivity index (χ1n) is 8.76. The van der Waals surface area contributed by atoms with E-state index in [4.69, 9.17) is 0 Å². The van der Waals surface area contributed by atoms with E-state index >= 15 is 0 Å². The van der Waals surface area contributed by atoms with Crippen LogP contribution in [0, 0.1) is 5.82 Å². The van der Waals surface area contributed by atoms with Crippen LogP contribution in [0.4, 0.5) is 10.1 Å². The van der Waals surface area contributed by atoms with Crippen molar-refractivity contribution in [3.63, 3.8) is 0 Å². The number of hydrogen-bond acceptors (Lipinski definition) is 5. The van der Waals surface area contributed by atoms with Crippen molar-refractivity contribution in [3.05, 3.63) is 76.8 Å². The molecule has 0 aliphatic carbocycles. The molecule has 0 radical (unpaired) electrons. The molecule has 0 saturated heterocycles. The topological polar surface area (TPSA) is 64.0 Å². The summed E-state index contributed by atoms with van der Waals surface area (Å²) >= 11 is 2.54. The molecule has 0 fully saturated rings. The molecule has 4 aromatic rings. The Hall–Kier alpha value is -2.97. The van der Waals surface area contributed by atoms with Crippen LogP contribution in [-0.4, -0.2) is 21.2 Å². The van der Waals surface area contributed by atoms with Gasteiger partial charge in [0.25, 0.3) is 5.56 Å². The zero-order valence-electron chi connectivity index (χ0n) is 15.4. The number of aromatic nitrogens is 2. The van der Waals surface area contributed by atoms with Gasteiger partial charge in [-0.25, -0.2) is 9.37 Å². The minimum Gasteiger partial charge on any atom is -0.323 e. The highest BCUT2D eigenvalue weighted by Gasteiger charge is 2.15. The van der Waals surface area contributed by atoms with Crippen LogP contribution in [0.2, 0.25) is 0 Å². The first kappa shape index (κ1) is 19.4. The van der Waals surface area contributed by atoms with E-state index < -0.39 is 5.82 Å². The van der Waals surface area contributed by atoms with Gasteiger partial charge in [0.15, 0.2) is 5.16 Å². The number of carbonyl (C=O) groups excluding carboxylic acids is 1. The fourth-order valence-corrected chi connectivity index (χ4v) is 4.64. The average Bonchev–Trinajstić information content (AvgIpc) is 3.16. The van der Waals surface area contributed by atoms with Crippen LogP contribution in [0.5, 0.6) is 0 Å². The highest BCUT2D eigenvalue weighted by atomic mass is 32.2. The van der Waals surface area contributed by atoms with Crippen molar-refractivity contribution < 1.29 is 9.18 Å². The van der Waals surface area contributed by atoms with E-state index in [0.29, 0.717) is 15.4 Å². The molecular weight excluding hydrogens is 409 g/mol. The fourth-order valence-electron chi connectivity index (χ4n) is 2.79. The summed E-state index contributed by atoms with van der Waals surface area (Å²) < 4.78 is 15.7. The van der Waals surface area contributed by atoms with Crippen molar-refractivity contribution in [2.75, 3.05) is 11.1 Å². The molecule has 2 heterocycles. The third kappa shape index (κ3) is 4.08. The van der Waals surface area contributed by atoms with Crippen LogP contribution in [0.25, 0.3) is 20.7 Å². The second-order valence-electron chi connectivity index (χ2n) is 6.27. The van der Waals surface area contributed by atoms with E-state index in [-0.39, 0.29) is 22.9 Å². The van der Waals surface area contributed by atoms with Gasteiger partial charge < -0.3 is 5.32 Å². The van der Waals surface area contributed by atoms with Gasteiger partial charge in [0.2, 0.25) is 5.91 Å². The third-order valence-electron chi connectivity index (χ3n) is 4.25. The lowest BCUT2D eigenvalue weighted by Gasteiger charge is -2.08. The average molecular weight is 426 g/mol. The van der Waals surface area contributed by atoms with Crippen molar-refractivity contribution in [2.24, 2.45) is 7.05 Å². The number of nitrogens with zero attached hydrogens (tertiary/aromatic N) is 2. The van der Waals surface area contributed by atoms with Crippen LogP contribution in [0.15, 0.2) is 70.6 Å². The van der Waals surface area contributed by atoms with Gasteiger partial charge in [-0.1, -0.05) is 54.2 Å². The smallest absolute Gasteiger partial charge is 0.271 e. The molecule has 8 heteroatoms. The number of para-hydroxylation sites is 1. The second kappa shape index (κ2) is 8.18. The van der Waals surface area contributed by atoms with E-state index in [1.807, 2.05) is 36.4 Å². The summed E-state index contributed by atoms with van der Waals surface area (Å²) in [4.78, 5) is 30.4. The predicted octanol–water partition coefficient (Wildman–Crippen LogP) is 4.53. The standard InChI is InChI=1S/C21H16FN3O2S2/c1-25-20(27)19-16(11-17(29-19)13-7-3-2-4-8-13)24-21(25)28-12-18(26)23-15-10-6-5-9-14(15)22/h2-11H,12H2,1H3,(H,23,26). The molecule has 0 saturated carbocycles. The molecule has 0 unspecified atom stereocenters. The van der Waals surface area contributed by atoms with Gasteiger partial charge in [-0.05, 0) is 23.8 Å². The third-order valence-corrected chi connectivity index (χ3v) is 6.44. The summed E-state index contributed by atoms with van der Waals surface area (Å²) in [7, 11) is 1.63. The quantitative estimate of drug-likeness (QED) is 0.377. The molecule has 0 atom stereocenters. The van der Waals surface area contributed by atoms with Crippen LogP contribution in [-0.2, 0) is 11.8 Å². The zero-order valence-corrected chi connectivity index (χ0v) is 17.0. The van der Waals surface area contributed by atoms with E-state index in [0.717, 1.165) is 22.2 Å². The van der Waals surface area contributed by atoms with E-state index in [9.17, 15) is 14.0 Å². The van der Waals surface area contributed by atoms with Crippen LogP contribution in [0.3, 0.4) is 0 Å². The minimum atomic E-state index is -0.496. The van der Waals surface area contributed by atoms with Gasteiger partial charge in [0.05, 0.1) is 17.0 Å². The lowest BCUT2D eigenvalue weighted by molar-refractivity contribution is -0.113. The number of fused-ring (bicyclic) bond motifs is 1. The number of thioether (sulfide) groups is 1. The van der Waals surface area contributed by atoms with Gasteiger partial charge >= 0.3 is 0 Å². The van der Waals surface area contributed by atoms with Crippen molar-refractivity contribution in [3.8, 4) is 10.4 Å². The summed E-state index contributed by atoms with van der Waals surface area (Å²) in [5, 5.41) is 2.96. The highest BCUT2D eigenvalue weighted by molar-refractivity contribution is 7.99. The lowest BCUT2D eigenvalue weighted by Crippen LogP contribution is -2.20. The molecule has 0 spiro atoms. The molecule has 0 bridgehead atoms. The van der Waals surface area contributed by atoms with Crippen LogP contribution < -0.4 is 10.9 Å². The molecule has 1 N–H and O–H groups in total. The summed E-state index contributed by atoms with van der Waals surface area (Å²) in [5.41, 5.74) is 1.60. The lowest BCUT2D eigenvalue weighted by atomic mass is 10.2. The Morgan fingerprint density at radius 3 is 2.66 bits per heavy atom. The Balaban J connectivity index is 1.56. The van der Waals surface area contributed by atoms with E-state index in [1.54, 1.807) is 19.2 Å². The Morgan fingerprint density at radius 1 is 1.17 bits per heavy atom. The van der Waals surface area contributed by atoms with Gasteiger partial charge in [-0.3, -0.25) is 14.2 Å². The molecule has 2 aromatic heterocycles. The number of anilines is 1. The zero-order chi connectivity index (χ0) is 20.4. The number of thiophene rings is 1. The Kier molecular flexibility index (Phi) is 5.46. The Labute approximate surface area is 174 Å². The largest absolute Gasteiger partial charge is 0.323 e. The summed E-state index contributed by atoms with van der Waals surface area (Å²) in [6.07, 6.45) is 0. The Bertz CT molecular complexity index is 1250. The van der Waals surface area contributed by atoms with E-state index in [2.05, 4.69) is 10.3 Å². The number of halogens is 1. The van der Waals surface area contributed by atoms with E-state index in [1.165, 1.54) is 28.0 Å². The first-order chi connectivity index (χ1) is 14.0. The number of nitrogens with one attached hydrogen (secondary N) is 1. The van der Waals surface area contributed by atoms with Crippen LogP contribution >= 0.6 is 23.1 Å². The van der Waals surface area contributed by atoms with Crippen molar-refractivity contribution in [1.29, 1.82) is 0 Å². The molecule has 2 aromatic carbocycles. The number of carbonyl (C=O) groups is 1. The van der Waals surface area contributed by atoms with Gasteiger partial charge in [-0.2, -0.15) is 0 Å². The normalized spacial score (nSPS) is 11.0. The first-order valence-corrected chi connectivity index (χ1v) is 10.6. The van der Waals surface area contributed by atoms with Crippen molar-refractivity contribution >= 4 is 44.9 Å². The fraction of sp³-hybridized carbons (Fsp3) is 0.0952. The molecule has 29 heavy (non-hydrogen) atoms. The highest BCUT2D eigenvalue weighted by Crippen LogP contribution is 2.31. The van der Waals surface area contributed by atoms with Crippen molar-refractivity contribution in [1.82, 2.24) is 9.55 Å². The van der Waals surface area contributed by atoms with Crippen molar-refractivity contribution in [2.45, 2.75) is 5.16 Å². The molecule has 0 aliphatic heterocycles. The summed E-state index contributed by atoms with van der Waals surface area (Å²) in [6, 6.07) is 17.7. The monoisotopic (exact) mass is 425 g/mol. The SMILES string of the molecule is Cn1c(SCC(=O)Nc2ccccc2F)nc2cc(-c3ccccc3)sc2c1=O. The molecule has 1 amide bonds. The summed E-state index contributed by atoms with van der Waals surface area (Å²) in [6.45, 7) is 0. The van der Waals surface area contributed by atoms with Gasteiger partial charge in [-0.15, -0.1) is 11.3 Å². The molecule has 0 aliphatic rings. The van der Waals surface area contributed by atoms with Gasteiger partial charge in [0, 0.05) is 11.9 Å². The number of benzene rings is 2. The predicted molar refractivity (Wildman–Crippen MR) is 116 cm³/mol.